The number of ether oxygens (including phenoxy) is 1. The van der Waals surface area contributed by atoms with Crippen molar-refractivity contribution < 1.29 is 14.6 Å². The van der Waals surface area contributed by atoms with Crippen LogP contribution >= 0.6 is 0 Å². The molecule has 1 amide bonds. The highest BCUT2D eigenvalue weighted by molar-refractivity contribution is 6.47. The van der Waals surface area contributed by atoms with E-state index in [1.165, 1.54) is 4.90 Å². The fourth-order valence-electron chi connectivity index (χ4n) is 3.13. The molecule has 0 bridgehead atoms. The number of aliphatic hydroxyl groups excluding tert-OH is 1. The third kappa shape index (κ3) is 2.40. The summed E-state index contributed by atoms with van der Waals surface area (Å²) < 4.78 is 5.31. The predicted molar refractivity (Wildman–Crippen MR) is 79.2 cm³/mol. The van der Waals surface area contributed by atoms with Crippen LogP contribution in [0.2, 0.25) is 10.4 Å². The fraction of sp³-hybridized carbons (Fsp3) is 0.917. The molecular formula is C12H17B4NO3. The van der Waals surface area contributed by atoms with Crippen molar-refractivity contribution in [2.75, 3.05) is 13.1 Å². The van der Waals surface area contributed by atoms with E-state index in [1.54, 1.807) is 20.8 Å². The van der Waals surface area contributed by atoms with Gasteiger partial charge in [-0.25, -0.2) is 4.79 Å². The Labute approximate surface area is 125 Å². The van der Waals surface area contributed by atoms with Gasteiger partial charge in [-0.3, -0.25) is 0 Å². The maximum atomic E-state index is 12.1. The van der Waals surface area contributed by atoms with Crippen LogP contribution in [0.15, 0.2) is 0 Å². The van der Waals surface area contributed by atoms with Gasteiger partial charge < -0.3 is 14.7 Å². The van der Waals surface area contributed by atoms with Crippen molar-refractivity contribution in [2.24, 2.45) is 11.8 Å². The van der Waals surface area contributed by atoms with E-state index in [0.29, 0.717) is 0 Å². The Morgan fingerprint density at radius 2 is 1.55 bits per heavy atom. The summed E-state index contributed by atoms with van der Waals surface area (Å²) >= 11 is 0. The molecule has 1 aliphatic carbocycles. The van der Waals surface area contributed by atoms with Gasteiger partial charge in [-0.15, -0.1) is 0 Å². The second-order valence-electron chi connectivity index (χ2n) is 7.00. The van der Waals surface area contributed by atoms with E-state index in [1.807, 2.05) is 0 Å². The summed E-state index contributed by atoms with van der Waals surface area (Å²) in [5.74, 6) is -0.722. The Kier molecular flexibility index (Phi) is 3.56. The lowest BCUT2D eigenvalue weighted by molar-refractivity contribution is 0.0263. The first-order chi connectivity index (χ1) is 8.87. The summed E-state index contributed by atoms with van der Waals surface area (Å²) in [4.78, 5) is 13.6. The molecule has 20 heavy (non-hydrogen) atoms. The molecule has 2 rings (SSSR count). The van der Waals surface area contributed by atoms with E-state index in [4.69, 9.17) is 36.1 Å². The van der Waals surface area contributed by atoms with Crippen molar-refractivity contribution in [2.45, 2.75) is 42.9 Å². The van der Waals surface area contributed by atoms with Crippen LogP contribution in [0.4, 0.5) is 4.79 Å². The lowest BCUT2D eigenvalue weighted by atomic mass is 9.43. The van der Waals surface area contributed by atoms with Crippen LogP contribution < -0.4 is 0 Å². The van der Waals surface area contributed by atoms with Gasteiger partial charge in [0.05, 0.1) is 31.4 Å². The van der Waals surface area contributed by atoms with Crippen LogP contribution in [-0.2, 0) is 4.74 Å². The minimum Gasteiger partial charge on any atom is -0.444 e. The highest BCUT2D eigenvalue weighted by atomic mass is 16.6. The summed E-state index contributed by atoms with van der Waals surface area (Å²) in [7, 11) is 23.8. The topological polar surface area (TPSA) is 49.8 Å². The number of amides is 1. The van der Waals surface area contributed by atoms with Crippen LogP contribution in [0.5, 0.6) is 0 Å². The summed E-state index contributed by atoms with van der Waals surface area (Å²) in [5, 5.41) is 7.24. The van der Waals surface area contributed by atoms with Crippen molar-refractivity contribution in [3.63, 3.8) is 0 Å². The second-order valence-corrected chi connectivity index (χ2v) is 7.00. The van der Waals surface area contributed by atoms with Crippen LogP contribution in [0.3, 0.4) is 0 Å². The molecule has 2 fully saturated rings. The quantitative estimate of drug-likeness (QED) is 0.615. The first kappa shape index (κ1) is 15.9. The Bertz CT molecular complexity index is 397. The van der Waals surface area contributed by atoms with Gasteiger partial charge in [0.15, 0.2) is 0 Å². The maximum absolute atomic E-state index is 12.1. The van der Waals surface area contributed by atoms with Gasteiger partial charge in [-0.1, -0.05) is 10.4 Å². The predicted octanol–water partition coefficient (Wildman–Crippen LogP) is -0.250. The van der Waals surface area contributed by atoms with Gasteiger partial charge in [0, 0.05) is 19.2 Å². The zero-order valence-electron chi connectivity index (χ0n) is 12.2. The molecule has 3 atom stereocenters. The molecule has 0 spiro atoms. The molecule has 1 aliphatic heterocycles. The van der Waals surface area contributed by atoms with Gasteiger partial charge in [0.2, 0.25) is 0 Å². The van der Waals surface area contributed by atoms with Gasteiger partial charge in [-0.05, 0) is 32.6 Å². The zero-order valence-corrected chi connectivity index (χ0v) is 12.2. The summed E-state index contributed by atoms with van der Waals surface area (Å²) in [6.07, 6.45) is -1.67. The Morgan fingerprint density at radius 3 is 1.90 bits per heavy atom. The number of rotatable bonds is 0. The summed E-state index contributed by atoms with van der Waals surface area (Å²) in [6, 6.07) is 0. The molecule has 1 N–H and O–H groups in total. The van der Waals surface area contributed by atoms with Crippen LogP contribution in [0, 0.1) is 11.8 Å². The number of nitrogens with zero attached hydrogens (tertiary/aromatic N) is 1. The fourth-order valence-corrected chi connectivity index (χ4v) is 3.13. The minimum absolute atomic E-state index is 0.278. The monoisotopic (exact) mass is 267 g/mol. The van der Waals surface area contributed by atoms with Gasteiger partial charge in [0.1, 0.15) is 5.60 Å². The number of carbonyl (C=O) groups is 1. The third-order valence-electron chi connectivity index (χ3n) is 4.20. The molecule has 0 aromatic heterocycles. The Balaban J connectivity index is 2.15. The van der Waals surface area contributed by atoms with Crippen molar-refractivity contribution in [1.82, 2.24) is 4.90 Å². The molecule has 1 heterocycles. The van der Waals surface area contributed by atoms with Crippen molar-refractivity contribution in [3.8, 4) is 0 Å². The van der Waals surface area contributed by atoms with Crippen molar-refractivity contribution >= 4 is 37.5 Å². The van der Waals surface area contributed by atoms with E-state index in [9.17, 15) is 9.90 Å². The van der Waals surface area contributed by atoms with E-state index in [-0.39, 0.29) is 24.9 Å². The molecular weight excluding hydrogens is 249 g/mol. The van der Waals surface area contributed by atoms with Crippen LogP contribution in [0.25, 0.3) is 0 Å². The SMILES string of the molecule is [B]C1([B])C(O)C([B])([B])[C@H]2CN(C(=O)OC(C)(C)C)C[C@H]21. The maximum Gasteiger partial charge on any atom is 0.410 e. The molecule has 2 aliphatic rings. The van der Waals surface area contributed by atoms with Crippen LogP contribution in [-0.4, -0.2) is 72.3 Å². The number of likely N-dealkylation sites (tertiary alicyclic amines) is 1. The van der Waals surface area contributed by atoms with Crippen molar-refractivity contribution in [1.29, 1.82) is 0 Å². The molecule has 0 aromatic rings. The number of carbonyl (C=O) groups excluding carboxylic acids is 1. The summed E-state index contributed by atoms with van der Waals surface area (Å²) in [6.45, 7) is 5.92. The van der Waals surface area contributed by atoms with E-state index in [2.05, 4.69) is 0 Å². The van der Waals surface area contributed by atoms with E-state index < -0.39 is 28.2 Å². The lowest BCUT2D eigenvalue weighted by Crippen LogP contribution is -2.42. The zero-order chi connectivity index (χ0) is 15.5. The molecule has 1 saturated carbocycles. The molecule has 8 heteroatoms. The first-order valence-electron chi connectivity index (χ1n) is 6.69. The molecule has 1 saturated heterocycles. The minimum atomic E-state index is -1.41. The molecule has 4 nitrogen and oxygen atoms in total. The highest BCUT2D eigenvalue weighted by Gasteiger charge is 2.60. The molecule has 1 unspecified atom stereocenters. The van der Waals surface area contributed by atoms with E-state index >= 15 is 0 Å². The smallest absolute Gasteiger partial charge is 0.410 e. The number of hydrogen-bond donors (Lipinski definition) is 1. The van der Waals surface area contributed by atoms with Crippen molar-refractivity contribution in [3.05, 3.63) is 0 Å². The summed E-state index contributed by atoms with van der Waals surface area (Å²) in [5.41, 5.74) is -0.584. The Hall–Kier alpha value is -0.510. The lowest BCUT2D eigenvalue weighted by Gasteiger charge is -2.37. The number of aliphatic hydroxyl groups is 1. The number of fused-ring (bicyclic) bond motifs is 1. The molecule has 0 aromatic carbocycles. The van der Waals surface area contributed by atoms with Gasteiger partial charge >= 0.3 is 6.09 Å². The van der Waals surface area contributed by atoms with E-state index in [0.717, 1.165) is 0 Å². The standard InChI is InChI=1S/C12H17B4NO3/c1-10(2,3)20-9(19)17-4-6-7(5-17)12(15,16)8(18)11(6,13)14/h6-8,18H,4-5H2,1-3H3/t6-,7+,8?. The largest absolute Gasteiger partial charge is 0.444 e. The normalized spacial score (nSPS) is 34.8. The van der Waals surface area contributed by atoms with Crippen LogP contribution in [0.1, 0.15) is 20.8 Å². The molecule has 100 valence electrons. The third-order valence-corrected chi connectivity index (χ3v) is 4.20. The average Bonchev–Trinajstić information content (AvgIpc) is 2.75. The first-order valence-corrected chi connectivity index (χ1v) is 6.69. The number of hydrogen-bond acceptors (Lipinski definition) is 3. The average molecular weight is 267 g/mol. The second kappa shape index (κ2) is 4.49. The Morgan fingerprint density at radius 1 is 1.15 bits per heavy atom. The highest BCUT2D eigenvalue weighted by Crippen LogP contribution is 2.61. The van der Waals surface area contributed by atoms with Gasteiger partial charge in [-0.2, -0.15) is 0 Å². The van der Waals surface area contributed by atoms with Gasteiger partial charge in [0.25, 0.3) is 0 Å². The molecule has 8 radical (unpaired) electrons.